The van der Waals surface area contributed by atoms with Gasteiger partial charge in [0.2, 0.25) is 0 Å². The maximum Gasteiger partial charge on any atom is 0.289 e. The maximum atomic E-state index is 13.8. The fourth-order valence-corrected chi connectivity index (χ4v) is 3.00. The van der Waals surface area contributed by atoms with Gasteiger partial charge >= 0.3 is 0 Å². The number of halogens is 1. The van der Waals surface area contributed by atoms with Crippen molar-refractivity contribution in [2.24, 2.45) is 0 Å². The van der Waals surface area contributed by atoms with Gasteiger partial charge in [0, 0.05) is 19.1 Å². The SMILES string of the molecule is CCCN(C(=O)c1ccc(-c2ccccc2F)o1)C1CCNC1. The van der Waals surface area contributed by atoms with Gasteiger partial charge in [-0.25, -0.2) is 4.39 Å². The fourth-order valence-electron chi connectivity index (χ4n) is 3.00. The summed E-state index contributed by atoms with van der Waals surface area (Å²) in [6.07, 6.45) is 1.84. The van der Waals surface area contributed by atoms with Gasteiger partial charge in [-0.05, 0) is 43.7 Å². The van der Waals surface area contributed by atoms with E-state index in [1.165, 1.54) is 6.07 Å². The highest BCUT2D eigenvalue weighted by Gasteiger charge is 2.28. The van der Waals surface area contributed by atoms with Crippen LogP contribution in [0.1, 0.15) is 30.3 Å². The van der Waals surface area contributed by atoms with Gasteiger partial charge in [-0.1, -0.05) is 19.1 Å². The first kappa shape index (κ1) is 15.7. The number of carbonyl (C=O) groups excluding carboxylic acids is 1. The van der Waals surface area contributed by atoms with E-state index < -0.39 is 0 Å². The van der Waals surface area contributed by atoms with Crippen molar-refractivity contribution in [2.75, 3.05) is 19.6 Å². The first-order chi connectivity index (χ1) is 11.2. The molecule has 1 saturated heterocycles. The predicted molar refractivity (Wildman–Crippen MR) is 86.7 cm³/mol. The van der Waals surface area contributed by atoms with E-state index in [9.17, 15) is 9.18 Å². The average Bonchev–Trinajstić information content (AvgIpc) is 3.24. The van der Waals surface area contributed by atoms with Crippen molar-refractivity contribution in [3.8, 4) is 11.3 Å². The predicted octanol–water partition coefficient (Wildman–Crippen LogP) is 3.30. The molecule has 1 amide bonds. The molecule has 1 aliphatic heterocycles. The third-order valence-electron chi connectivity index (χ3n) is 4.16. The first-order valence-corrected chi connectivity index (χ1v) is 8.07. The molecule has 1 aliphatic rings. The van der Waals surface area contributed by atoms with Crippen LogP contribution < -0.4 is 5.32 Å². The molecular weight excluding hydrogens is 295 g/mol. The van der Waals surface area contributed by atoms with Crippen molar-refractivity contribution < 1.29 is 13.6 Å². The molecule has 0 spiro atoms. The molecule has 0 radical (unpaired) electrons. The van der Waals surface area contributed by atoms with E-state index in [1.807, 2.05) is 4.90 Å². The lowest BCUT2D eigenvalue weighted by Gasteiger charge is -2.27. The molecule has 2 heterocycles. The largest absolute Gasteiger partial charge is 0.451 e. The van der Waals surface area contributed by atoms with Crippen LogP contribution in [0, 0.1) is 5.82 Å². The standard InChI is InChI=1S/C18H21FN2O2/c1-2-11-21(13-9-10-20-12-13)18(22)17-8-7-16(23-17)14-5-3-4-6-15(14)19/h3-8,13,20H,2,9-12H2,1H3. The molecule has 1 unspecified atom stereocenters. The minimum Gasteiger partial charge on any atom is -0.451 e. The van der Waals surface area contributed by atoms with Crippen molar-refractivity contribution in [3.05, 3.63) is 48.0 Å². The van der Waals surface area contributed by atoms with E-state index in [1.54, 1.807) is 30.3 Å². The Bertz CT molecular complexity index is 677. The van der Waals surface area contributed by atoms with Crippen LogP contribution in [0.2, 0.25) is 0 Å². The number of hydrogen-bond donors (Lipinski definition) is 1. The van der Waals surface area contributed by atoms with E-state index in [0.29, 0.717) is 17.9 Å². The lowest BCUT2D eigenvalue weighted by atomic mass is 10.1. The fraction of sp³-hybridized carbons (Fsp3) is 0.389. The molecule has 1 atom stereocenters. The zero-order valence-electron chi connectivity index (χ0n) is 13.2. The monoisotopic (exact) mass is 316 g/mol. The average molecular weight is 316 g/mol. The zero-order valence-corrected chi connectivity index (χ0v) is 13.2. The van der Waals surface area contributed by atoms with Crippen LogP contribution in [0.3, 0.4) is 0 Å². The van der Waals surface area contributed by atoms with E-state index in [4.69, 9.17) is 4.42 Å². The Morgan fingerprint density at radius 2 is 2.17 bits per heavy atom. The Balaban J connectivity index is 1.83. The molecule has 0 bridgehead atoms. The molecule has 2 aromatic rings. The Kier molecular flexibility index (Phi) is 4.76. The molecule has 0 aliphatic carbocycles. The van der Waals surface area contributed by atoms with Gasteiger partial charge in [-0.2, -0.15) is 0 Å². The summed E-state index contributed by atoms with van der Waals surface area (Å²) in [6.45, 7) is 4.49. The van der Waals surface area contributed by atoms with Crippen LogP contribution in [-0.2, 0) is 0 Å². The van der Waals surface area contributed by atoms with Gasteiger partial charge < -0.3 is 14.6 Å². The van der Waals surface area contributed by atoms with E-state index in [2.05, 4.69) is 12.2 Å². The highest BCUT2D eigenvalue weighted by atomic mass is 19.1. The minimum absolute atomic E-state index is 0.122. The number of carbonyl (C=O) groups is 1. The summed E-state index contributed by atoms with van der Waals surface area (Å²) >= 11 is 0. The lowest BCUT2D eigenvalue weighted by molar-refractivity contribution is 0.0660. The normalized spacial score (nSPS) is 17.4. The van der Waals surface area contributed by atoms with Crippen LogP contribution in [0.15, 0.2) is 40.8 Å². The quantitative estimate of drug-likeness (QED) is 0.920. The molecule has 1 aromatic carbocycles. The van der Waals surface area contributed by atoms with Gasteiger partial charge in [0.05, 0.1) is 5.56 Å². The summed E-state index contributed by atoms with van der Waals surface area (Å²) in [5, 5.41) is 3.28. The smallest absolute Gasteiger partial charge is 0.289 e. The molecular formula is C18H21FN2O2. The summed E-state index contributed by atoms with van der Waals surface area (Å²) in [5.74, 6) is 0.172. The van der Waals surface area contributed by atoms with Crippen molar-refractivity contribution in [2.45, 2.75) is 25.8 Å². The zero-order chi connectivity index (χ0) is 16.2. The summed E-state index contributed by atoms with van der Waals surface area (Å²) in [5.41, 5.74) is 0.371. The highest BCUT2D eigenvalue weighted by molar-refractivity contribution is 5.92. The Labute approximate surface area is 135 Å². The third kappa shape index (κ3) is 3.29. The van der Waals surface area contributed by atoms with Gasteiger partial charge in [0.15, 0.2) is 5.76 Å². The number of amides is 1. The van der Waals surface area contributed by atoms with Gasteiger partial charge in [0.1, 0.15) is 11.6 Å². The third-order valence-corrected chi connectivity index (χ3v) is 4.16. The van der Waals surface area contributed by atoms with Gasteiger partial charge in [0.25, 0.3) is 5.91 Å². The number of rotatable bonds is 5. The Hall–Kier alpha value is -2.14. The lowest BCUT2D eigenvalue weighted by Crippen LogP contribution is -2.41. The second-order valence-corrected chi connectivity index (χ2v) is 5.79. The number of benzene rings is 1. The van der Waals surface area contributed by atoms with Crippen molar-refractivity contribution >= 4 is 5.91 Å². The topological polar surface area (TPSA) is 45.5 Å². The van der Waals surface area contributed by atoms with E-state index in [-0.39, 0.29) is 23.5 Å². The highest BCUT2D eigenvalue weighted by Crippen LogP contribution is 2.26. The van der Waals surface area contributed by atoms with Crippen LogP contribution in [0.4, 0.5) is 4.39 Å². The van der Waals surface area contributed by atoms with Crippen LogP contribution >= 0.6 is 0 Å². The second kappa shape index (κ2) is 6.96. The molecule has 5 heteroatoms. The second-order valence-electron chi connectivity index (χ2n) is 5.79. The summed E-state index contributed by atoms with van der Waals surface area (Å²) in [4.78, 5) is 14.6. The number of furan rings is 1. The molecule has 1 N–H and O–H groups in total. The molecule has 3 rings (SSSR count). The van der Waals surface area contributed by atoms with Gasteiger partial charge in [-0.15, -0.1) is 0 Å². The van der Waals surface area contributed by atoms with Crippen LogP contribution in [-0.4, -0.2) is 36.5 Å². The van der Waals surface area contributed by atoms with Crippen molar-refractivity contribution in [1.82, 2.24) is 10.2 Å². The molecule has 1 fully saturated rings. The number of hydrogen-bond acceptors (Lipinski definition) is 3. The Morgan fingerprint density at radius 3 is 2.87 bits per heavy atom. The number of nitrogens with zero attached hydrogens (tertiary/aromatic N) is 1. The van der Waals surface area contributed by atoms with E-state index in [0.717, 1.165) is 25.9 Å². The molecule has 122 valence electrons. The molecule has 1 aromatic heterocycles. The van der Waals surface area contributed by atoms with Crippen LogP contribution in [0.5, 0.6) is 0 Å². The molecule has 23 heavy (non-hydrogen) atoms. The summed E-state index contributed by atoms with van der Waals surface area (Å²) < 4.78 is 19.5. The van der Waals surface area contributed by atoms with Gasteiger partial charge in [-0.3, -0.25) is 4.79 Å². The summed E-state index contributed by atoms with van der Waals surface area (Å²) in [7, 11) is 0. The minimum atomic E-state index is -0.355. The number of nitrogens with one attached hydrogen (secondary N) is 1. The maximum absolute atomic E-state index is 13.8. The molecule has 0 saturated carbocycles. The Morgan fingerprint density at radius 1 is 1.35 bits per heavy atom. The van der Waals surface area contributed by atoms with E-state index >= 15 is 0 Å². The first-order valence-electron chi connectivity index (χ1n) is 8.07. The summed E-state index contributed by atoms with van der Waals surface area (Å²) in [6, 6.07) is 9.89. The van der Waals surface area contributed by atoms with Crippen molar-refractivity contribution in [1.29, 1.82) is 0 Å². The van der Waals surface area contributed by atoms with Crippen molar-refractivity contribution in [3.63, 3.8) is 0 Å². The molecule has 4 nitrogen and oxygen atoms in total. The van der Waals surface area contributed by atoms with Crippen LogP contribution in [0.25, 0.3) is 11.3 Å².